The molecule has 1 aromatic carbocycles. The molecule has 0 heterocycles. The van der Waals surface area contributed by atoms with Crippen molar-refractivity contribution in [2.45, 2.75) is 18.6 Å². The van der Waals surface area contributed by atoms with E-state index in [-0.39, 0.29) is 0 Å². The molecule has 3 N–H and O–H groups in total. The second-order valence-electron chi connectivity index (χ2n) is 3.49. The highest BCUT2D eigenvalue weighted by Crippen LogP contribution is 2.21. The molecule has 1 atom stereocenters. The van der Waals surface area contributed by atoms with Gasteiger partial charge in [0.1, 0.15) is 0 Å². The van der Waals surface area contributed by atoms with Crippen LogP contribution >= 0.6 is 34.4 Å². The largest absolute Gasteiger partial charge is 0.397 e. The molecule has 1 rings (SSSR count). The van der Waals surface area contributed by atoms with E-state index in [0.29, 0.717) is 5.25 Å². The molecule has 0 saturated heterocycles. The van der Waals surface area contributed by atoms with Crippen molar-refractivity contribution in [3.63, 3.8) is 0 Å². The van der Waals surface area contributed by atoms with Crippen LogP contribution in [0.4, 0.5) is 11.4 Å². The second kappa shape index (κ2) is 6.48. The number of nitrogens with two attached hydrogens (primary N) is 1. The second-order valence-corrected chi connectivity index (χ2v) is 6.02. The maximum atomic E-state index is 5.90. The third kappa shape index (κ3) is 4.51. The summed E-state index contributed by atoms with van der Waals surface area (Å²) in [6, 6.07) is 6.10. The molecule has 0 radical (unpaired) electrons. The first-order valence-corrected chi connectivity index (χ1v) is 7.32. The number of thioether (sulfide) groups is 1. The highest BCUT2D eigenvalue weighted by atomic mass is 127. The van der Waals surface area contributed by atoms with Gasteiger partial charge in [0.25, 0.3) is 0 Å². The lowest BCUT2D eigenvalue weighted by atomic mass is 10.2. The Morgan fingerprint density at radius 2 is 2.27 bits per heavy atom. The summed E-state index contributed by atoms with van der Waals surface area (Å²) < 4.78 is 1.17. The fourth-order valence-corrected chi connectivity index (χ4v) is 2.09. The Morgan fingerprint density at radius 3 is 2.87 bits per heavy atom. The highest BCUT2D eigenvalue weighted by molar-refractivity contribution is 14.1. The molecule has 0 spiro atoms. The number of nitrogen functional groups attached to an aromatic ring is 1. The average molecular weight is 336 g/mol. The van der Waals surface area contributed by atoms with Crippen LogP contribution in [0.25, 0.3) is 0 Å². The number of hydrogen-bond donors (Lipinski definition) is 2. The maximum Gasteiger partial charge on any atom is 0.0574 e. The van der Waals surface area contributed by atoms with Crippen molar-refractivity contribution in [1.82, 2.24) is 0 Å². The van der Waals surface area contributed by atoms with Crippen LogP contribution in [-0.2, 0) is 0 Å². The van der Waals surface area contributed by atoms with Crippen molar-refractivity contribution in [1.29, 1.82) is 0 Å². The van der Waals surface area contributed by atoms with Gasteiger partial charge in [-0.05, 0) is 53.5 Å². The summed E-state index contributed by atoms with van der Waals surface area (Å²) in [5.41, 5.74) is 7.78. The first-order valence-electron chi connectivity index (χ1n) is 4.95. The lowest BCUT2D eigenvalue weighted by Gasteiger charge is -2.12. The molecule has 0 saturated carbocycles. The monoisotopic (exact) mass is 336 g/mol. The predicted molar refractivity (Wildman–Crippen MR) is 79.7 cm³/mol. The molecule has 0 aromatic heterocycles. The Bertz CT molecular complexity index is 317. The van der Waals surface area contributed by atoms with E-state index in [1.165, 1.54) is 3.57 Å². The molecular formula is C11H17IN2S. The molecule has 15 heavy (non-hydrogen) atoms. The maximum absolute atomic E-state index is 5.90. The van der Waals surface area contributed by atoms with Gasteiger partial charge in [0.05, 0.1) is 11.4 Å². The third-order valence-corrected chi connectivity index (χ3v) is 3.99. The van der Waals surface area contributed by atoms with Crippen molar-refractivity contribution in [2.75, 3.05) is 23.9 Å². The highest BCUT2D eigenvalue weighted by Gasteiger charge is 2.01. The Labute approximate surface area is 110 Å². The molecule has 2 nitrogen and oxygen atoms in total. The van der Waals surface area contributed by atoms with E-state index in [0.717, 1.165) is 24.3 Å². The SMILES string of the molecule is CSC(C)CCNc1ccc(I)cc1N. The standard InChI is InChI=1S/C11H17IN2S/c1-8(15-2)5-6-14-11-4-3-9(12)7-10(11)13/h3-4,7-8,14H,5-6,13H2,1-2H3. The minimum atomic E-state index is 0.697. The summed E-state index contributed by atoms with van der Waals surface area (Å²) in [5, 5.41) is 4.06. The number of halogens is 1. The van der Waals surface area contributed by atoms with Gasteiger partial charge in [-0.3, -0.25) is 0 Å². The molecule has 0 aliphatic carbocycles. The van der Waals surface area contributed by atoms with E-state index in [4.69, 9.17) is 5.73 Å². The van der Waals surface area contributed by atoms with E-state index < -0.39 is 0 Å². The van der Waals surface area contributed by atoms with Gasteiger partial charge in [-0.15, -0.1) is 0 Å². The van der Waals surface area contributed by atoms with E-state index in [2.05, 4.69) is 47.2 Å². The van der Waals surface area contributed by atoms with Crippen LogP contribution in [0, 0.1) is 3.57 Å². The summed E-state index contributed by atoms with van der Waals surface area (Å²) >= 11 is 4.16. The summed E-state index contributed by atoms with van der Waals surface area (Å²) in [6.45, 7) is 3.22. The zero-order valence-corrected chi connectivity index (χ0v) is 12.1. The minimum Gasteiger partial charge on any atom is -0.397 e. The van der Waals surface area contributed by atoms with Crippen LogP contribution in [-0.4, -0.2) is 18.1 Å². The molecule has 0 amide bonds. The van der Waals surface area contributed by atoms with Crippen LogP contribution < -0.4 is 11.1 Å². The molecule has 1 unspecified atom stereocenters. The molecule has 1 aromatic rings. The van der Waals surface area contributed by atoms with E-state index in [1.54, 1.807) is 0 Å². The Kier molecular flexibility index (Phi) is 5.60. The van der Waals surface area contributed by atoms with Gasteiger partial charge in [-0.2, -0.15) is 11.8 Å². The molecule has 0 fully saturated rings. The molecule has 0 bridgehead atoms. The van der Waals surface area contributed by atoms with Crippen LogP contribution in [0.5, 0.6) is 0 Å². The van der Waals surface area contributed by atoms with Crippen molar-refractivity contribution < 1.29 is 0 Å². The number of benzene rings is 1. The van der Waals surface area contributed by atoms with Gasteiger partial charge in [-0.25, -0.2) is 0 Å². The molecule has 0 aliphatic rings. The summed E-state index contributed by atoms with van der Waals surface area (Å²) in [6.07, 6.45) is 3.30. The molecule has 84 valence electrons. The van der Waals surface area contributed by atoms with E-state index in [9.17, 15) is 0 Å². The van der Waals surface area contributed by atoms with Gasteiger partial charge in [0.2, 0.25) is 0 Å². The van der Waals surface area contributed by atoms with Crippen molar-refractivity contribution in [3.8, 4) is 0 Å². The Hall–Kier alpha value is -0.100. The van der Waals surface area contributed by atoms with Crippen molar-refractivity contribution in [3.05, 3.63) is 21.8 Å². The van der Waals surface area contributed by atoms with Gasteiger partial charge < -0.3 is 11.1 Å². The topological polar surface area (TPSA) is 38.0 Å². The van der Waals surface area contributed by atoms with Gasteiger partial charge in [0.15, 0.2) is 0 Å². The van der Waals surface area contributed by atoms with Crippen LogP contribution in [0.2, 0.25) is 0 Å². The van der Waals surface area contributed by atoms with E-state index in [1.807, 2.05) is 23.9 Å². The first kappa shape index (κ1) is 13.0. The first-order chi connectivity index (χ1) is 7.13. The predicted octanol–water partition coefficient (Wildman–Crippen LogP) is 3.43. The number of rotatable bonds is 5. The summed E-state index contributed by atoms with van der Waals surface area (Å²) in [7, 11) is 0. The zero-order valence-electron chi connectivity index (χ0n) is 9.09. The Balaban J connectivity index is 2.44. The molecule has 4 heteroatoms. The van der Waals surface area contributed by atoms with E-state index >= 15 is 0 Å². The van der Waals surface area contributed by atoms with Crippen molar-refractivity contribution >= 4 is 45.7 Å². The van der Waals surface area contributed by atoms with Crippen LogP contribution in [0.3, 0.4) is 0 Å². The smallest absolute Gasteiger partial charge is 0.0574 e. The van der Waals surface area contributed by atoms with Crippen LogP contribution in [0.15, 0.2) is 18.2 Å². The third-order valence-electron chi connectivity index (χ3n) is 2.28. The quantitative estimate of drug-likeness (QED) is 0.639. The fourth-order valence-electron chi connectivity index (χ4n) is 1.22. The summed E-state index contributed by atoms with van der Waals surface area (Å²) in [4.78, 5) is 0. The number of anilines is 2. The zero-order chi connectivity index (χ0) is 11.3. The lowest BCUT2D eigenvalue weighted by Crippen LogP contribution is -2.09. The normalized spacial score (nSPS) is 12.5. The average Bonchev–Trinajstić information content (AvgIpc) is 2.21. The van der Waals surface area contributed by atoms with Crippen molar-refractivity contribution in [2.24, 2.45) is 0 Å². The van der Waals surface area contributed by atoms with Gasteiger partial charge in [-0.1, -0.05) is 6.92 Å². The van der Waals surface area contributed by atoms with Crippen LogP contribution in [0.1, 0.15) is 13.3 Å². The number of nitrogens with one attached hydrogen (secondary N) is 1. The summed E-state index contributed by atoms with van der Waals surface area (Å²) in [5.74, 6) is 0. The molecular weight excluding hydrogens is 319 g/mol. The number of hydrogen-bond acceptors (Lipinski definition) is 3. The minimum absolute atomic E-state index is 0.697. The van der Waals surface area contributed by atoms with Gasteiger partial charge in [0, 0.05) is 15.4 Å². The Morgan fingerprint density at radius 1 is 1.53 bits per heavy atom. The lowest BCUT2D eigenvalue weighted by molar-refractivity contribution is 0.854. The molecule has 0 aliphatic heterocycles. The fraction of sp³-hybridized carbons (Fsp3) is 0.455. The van der Waals surface area contributed by atoms with Gasteiger partial charge >= 0.3 is 0 Å².